The molecular formula is C10H20O3. The second-order valence-corrected chi connectivity index (χ2v) is 3.30. The molecule has 0 aliphatic rings. The molecular weight excluding hydrogens is 168 g/mol. The molecule has 3 nitrogen and oxygen atoms in total. The van der Waals surface area contributed by atoms with Crippen LogP contribution in [-0.2, 0) is 9.53 Å². The molecule has 0 aliphatic carbocycles. The monoisotopic (exact) mass is 188 g/mol. The van der Waals surface area contributed by atoms with E-state index in [9.17, 15) is 4.79 Å². The molecule has 13 heavy (non-hydrogen) atoms. The lowest BCUT2D eigenvalue weighted by Crippen LogP contribution is -2.13. The van der Waals surface area contributed by atoms with Crippen LogP contribution in [0.1, 0.15) is 39.5 Å². The van der Waals surface area contributed by atoms with Crippen LogP contribution in [0.4, 0.5) is 0 Å². The summed E-state index contributed by atoms with van der Waals surface area (Å²) >= 11 is 0. The minimum atomic E-state index is -0.731. The van der Waals surface area contributed by atoms with Gasteiger partial charge in [-0.05, 0) is 12.3 Å². The lowest BCUT2D eigenvalue weighted by atomic mass is 10.0. The molecule has 0 aromatic carbocycles. The number of carboxylic acid groups (broad SMARTS) is 1. The van der Waals surface area contributed by atoms with Crippen LogP contribution >= 0.6 is 0 Å². The van der Waals surface area contributed by atoms with Crippen molar-refractivity contribution in [3.63, 3.8) is 0 Å². The van der Waals surface area contributed by atoms with Gasteiger partial charge in [0, 0.05) is 13.2 Å². The third-order valence-corrected chi connectivity index (χ3v) is 2.04. The summed E-state index contributed by atoms with van der Waals surface area (Å²) < 4.78 is 5.36. The van der Waals surface area contributed by atoms with Crippen molar-refractivity contribution >= 4 is 5.97 Å². The summed E-state index contributed by atoms with van der Waals surface area (Å²) in [7, 11) is 0. The van der Waals surface area contributed by atoms with Gasteiger partial charge in [-0.25, -0.2) is 0 Å². The van der Waals surface area contributed by atoms with Crippen molar-refractivity contribution < 1.29 is 14.6 Å². The highest BCUT2D eigenvalue weighted by molar-refractivity contribution is 5.66. The molecule has 1 atom stereocenters. The summed E-state index contributed by atoms with van der Waals surface area (Å²) in [6.07, 6.45) is 3.28. The lowest BCUT2D eigenvalue weighted by molar-refractivity contribution is -0.138. The average molecular weight is 188 g/mol. The second-order valence-electron chi connectivity index (χ2n) is 3.30. The molecule has 0 amide bonds. The van der Waals surface area contributed by atoms with E-state index >= 15 is 0 Å². The third kappa shape index (κ3) is 7.78. The molecule has 3 heteroatoms. The maximum Gasteiger partial charge on any atom is 0.303 e. The van der Waals surface area contributed by atoms with Crippen LogP contribution in [0.25, 0.3) is 0 Å². The van der Waals surface area contributed by atoms with Gasteiger partial charge in [0.05, 0.1) is 6.42 Å². The van der Waals surface area contributed by atoms with Gasteiger partial charge in [-0.15, -0.1) is 0 Å². The molecule has 0 heterocycles. The zero-order chi connectivity index (χ0) is 10.1. The van der Waals surface area contributed by atoms with E-state index in [4.69, 9.17) is 9.84 Å². The minimum absolute atomic E-state index is 0.175. The summed E-state index contributed by atoms with van der Waals surface area (Å²) in [6.45, 7) is 5.45. The van der Waals surface area contributed by atoms with Gasteiger partial charge in [-0.1, -0.05) is 26.7 Å². The summed E-state index contributed by atoms with van der Waals surface area (Å²) in [5.74, 6) is -0.555. The van der Waals surface area contributed by atoms with Crippen LogP contribution in [0.15, 0.2) is 0 Å². The lowest BCUT2D eigenvalue weighted by Gasteiger charge is -2.12. The molecule has 1 N–H and O–H groups in total. The average Bonchev–Trinajstić information content (AvgIpc) is 2.09. The van der Waals surface area contributed by atoms with Crippen molar-refractivity contribution in [3.05, 3.63) is 0 Å². The number of hydrogen-bond donors (Lipinski definition) is 1. The van der Waals surface area contributed by atoms with Gasteiger partial charge < -0.3 is 9.84 Å². The number of unbranched alkanes of at least 4 members (excludes halogenated alkanes) is 1. The number of hydrogen-bond acceptors (Lipinski definition) is 2. The van der Waals surface area contributed by atoms with E-state index in [1.54, 1.807) is 0 Å². The molecule has 0 saturated carbocycles. The van der Waals surface area contributed by atoms with Crippen molar-refractivity contribution in [3.8, 4) is 0 Å². The smallest absolute Gasteiger partial charge is 0.303 e. The number of ether oxygens (including phenoxy) is 1. The van der Waals surface area contributed by atoms with E-state index < -0.39 is 5.97 Å². The van der Waals surface area contributed by atoms with E-state index in [0.717, 1.165) is 25.9 Å². The largest absolute Gasteiger partial charge is 0.481 e. The Bertz CT molecular complexity index is 134. The maximum absolute atomic E-state index is 10.4. The van der Waals surface area contributed by atoms with E-state index in [-0.39, 0.29) is 12.3 Å². The van der Waals surface area contributed by atoms with E-state index in [1.807, 2.05) is 6.92 Å². The van der Waals surface area contributed by atoms with E-state index in [0.29, 0.717) is 6.61 Å². The number of aliphatic carboxylic acids is 1. The van der Waals surface area contributed by atoms with Crippen LogP contribution < -0.4 is 0 Å². The normalized spacial score (nSPS) is 12.8. The predicted octanol–water partition coefficient (Wildman–Crippen LogP) is 2.30. The van der Waals surface area contributed by atoms with Crippen LogP contribution in [0.5, 0.6) is 0 Å². The summed E-state index contributed by atoms with van der Waals surface area (Å²) in [5, 5.41) is 8.56. The van der Waals surface area contributed by atoms with Crippen molar-refractivity contribution in [1.29, 1.82) is 0 Å². The molecule has 0 bridgehead atoms. The topological polar surface area (TPSA) is 46.5 Å². The zero-order valence-corrected chi connectivity index (χ0v) is 8.58. The first-order valence-corrected chi connectivity index (χ1v) is 5.00. The van der Waals surface area contributed by atoms with Crippen LogP contribution in [0.2, 0.25) is 0 Å². The highest BCUT2D eigenvalue weighted by Crippen LogP contribution is 2.08. The number of carbonyl (C=O) groups is 1. The van der Waals surface area contributed by atoms with Crippen molar-refractivity contribution in [2.75, 3.05) is 13.2 Å². The van der Waals surface area contributed by atoms with Crippen molar-refractivity contribution in [1.82, 2.24) is 0 Å². The van der Waals surface area contributed by atoms with E-state index in [1.165, 1.54) is 0 Å². The fourth-order valence-electron chi connectivity index (χ4n) is 1.06. The van der Waals surface area contributed by atoms with Crippen LogP contribution in [-0.4, -0.2) is 24.3 Å². The van der Waals surface area contributed by atoms with Gasteiger partial charge in [0.1, 0.15) is 0 Å². The molecule has 0 aromatic rings. The maximum atomic E-state index is 10.4. The van der Waals surface area contributed by atoms with Gasteiger partial charge in [-0.3, -0.25) is 4.79 Å². The molecule has 78 valence electrons. The first-order valence-electron chi connectivity index (χ1n) is 5.00. The number of rotatable bonds is 8. The summed E-state index contributed by atoms with van der Waals surface area (Å²) in [5.41, 5.74) is 0. The van der Waals surface area contributed by atoms with Gasteiger partial charge in [0.15, 0.2) is 0 Å². The Kier molecular flexibility index (Phi) is 7.69. The molecule has 0 aromatic heterocycles. The summed E-state index contributed by atoms with van der Waals surface area (Å²) in [6, 6.07) is 0. The van der Waals surface area contributed by atoms with Gasteiger partial charge in [-0.2, -0.15) is 0 Å². The van der Waals surface area contributed by atoms with Crippen LogP contribution in [0, 0.1) is 5.92 Å². The van der Waals surface area contributed by atoms with E-state index in [2.05, 4.69) is 6.92 Å². The van der Waals surface area contributed by atoms with Gasteiger partial charge >= 0.3 is 5.97 Å². The Labute approximate surface area is 80.1 Å². The highest BCUT2D eigenvalue weighted by Gasteiger charge is 2.10. The molecule has 0 radical (unpaired) electrons. The molecule has 0 spiro atoms. The molecule has 0 rings (SSSR count). The molecule has 0 aliphatic heterocycles. The first kappa shape index (κ1) is 12.4. The predicted molar refractivity (Wildman–Crippen MR) is 51.8 cm³/mol. The Hall–Kier alpha value is -0.570. The van der Waals surface area contributed by atoms with Crippen molar-refractivity contribution in [2.45, 2.75) is 39.5 Å². The zero-order valence-electron chi connectivity index (χ0n) is 8.58. The molecule has 0 saturated heterocycles. The van der Waals surface area contributed by atoms with Gasteiger partial charge in [0.2, 0.25) is 0 Å². The quantitative estimate of drug-likeness (QED) is 0.594. The third-order valence-electron chi connectivity index (χ3n) is 2.04. The fourth-order valence-corrected chi connectivity index (χ4v) is 1.06. The van der Waals surface area contributed by atoms with Crippen LogP contribution in [0.3, 0.4) is 0 Å². The fraction of sp³-hybridized carbons (Fsp3) is 0.900. The Balaban J connectivity index is 3.42. The first-order chi connectivity index (χ1) is 6.20. The molecule has 0 fully saturated rings. The van der Waals surface area contributed by atoms with Crippen molar-refractivity contribution in [2.24, 2.45) is 5.92 Å². The Morgan fingerprint density at radius 2 is 2.15 bits per heavy atom. The highest BCUT2D eigenvalue weighted by atomic mass is 16.5. The molecule has 1 unspecified atom stereocenters. The standard InChI is InChI=1S/C10H20O3/c1-3-5-6-13-8-9(4-2)7-10(11)12/h9H,3-8H2,1-2H3,(H,11,12). The second kappa shape index (κ2) is 8.05. The number of carboxylic acids is 1. The van der Waals surface area contributed by atoms with Gasteiger partial charge in [0.25, 0.3) is 0 Å². The summed E-state index contributed by atoms with van der Waals surface area (Å²) in [4.78, 5) is 10.4. The Morgan fingerprint density at radius 3 is 2.62 bits per heavy atom. The Morgan fingerprint density at radius 1 is 1.46 bits per heavy atom. The SMILES string of the molecule is CCCCOCC(CC)CC(=O)O. The minimum Gasteiger partial charge on any atom is -0.481 e.